The van der Waals surface area contributed by atoms with E-state index in [9.17, 15) is 4.79 Å². The fourth-order valence-corrected chi connectivity index (χ4v) is 5.65. The molecule has 8 heteroatoms. The molecule has 2 N–H and O–H groups in total. The van der Waals surface area contributed by atoms with Gasteiger partial charge in [-0.15, -0.1) is 11.7 Å². The van der Waals surface area contributed by atoms with Crippen molar-refractivity contribution in [2.45, 2.75) is 51.4 Å². The number of rotatable bonds is 8. The number of piperazine rings is 1. The molecule has 3 aromatic carbocycles. The molecule has 1 saturated heterocycles. The second-order valence-corrected chi connectivity index (χ2v) is 10.5. The van der Waals surface area contributed by atoms with Crippen LogP contribution in [-0.2, 0) is 6.42 Å². The molecule has 0 aliphatic carbocycles. The van der Waals surface area contributed by atoms with E-state index in [4.69, 9.17) is 0 Å². The molecule has 1 aromatic heterocycles. The van der Waals surface area contributed by atoms with Gasteiger partial charge in [-0.05, 0) is 68.7 Å². The van der Waals surface area contributed by atoms with Gasteiger partial charge in [-0.1, -0.05) is 48.5 Å². The largest absolute Gasteiger partial charge is 0.322 e. The van der Waals surface area contributed by atoms with Gasteiger partial charge in [0.25, 0.3) is 5.91 Å². The molecule has 5 rings (SSSR count). The topological polar surface area (TPSA) is 75.1 Å². The maximum Gasteiger partial charge on any atom is 0.255 e. The van der Waals surface area contributed by atoms with Gasteiger partial charge >= 0.3 is 0 Å². The van der Waals surface area contributed by atoms with Gasteiger partial charge in [0.05, 0.1) is 5.52 Å². The number of fused-ring (bicyclic) bond motifs is 1. The molecule has 1 aliphatic rings. The Labute approximate surface area is 228 Å². The van der Waals surface area contributed by atoms with Gasteiger partial charge in [-0.2, -0.15) is 0 Å². The summed E-state index contributed by atoms with van der Waals surface area (Å²) in [4.78, 5) is 15.4. The van der Waals surface area contributed by atoms with Crippen molar-refractivity contribution in [1.82, 2.24) is 25.2 Å². The van der Waals surface area contributed by atoms with Crippen molar-refractivity contribution in [3.63, 3.8) is 0 Å². The standard InChI is InChI=1S/C31H35FN6O/c1-5-18-31(4)20-33-21(3)19-37(31)30(38-27-15-11-10-14-26(27)35-36-38)28-23(6-2)25(17-16-24(28)32)34-29(39)22-12-8-7-9-13-22/h5,7-17,21,30,33H,1,6,18-20H2,2-4H3,(H,34,39)/t21-,30?,31+/m0/s1. The lowest BCUT2D eigenvalue weighted by Crippen LogP contribution is -2.64. The Bertz CT molecular complexity index is 1490. The molecule has 4 aromatic rings. The van der Waals surface area contributed by atoms with E-state index >= 15 is 4.39 Å². The Hall–Kier alpha value is -3.88. The molecule has 0 spiro atoms. The van der Waals surface area contributed by atoms with Gasteiger partial charge in [0.1, 0.15) is 17.5 Å². The van der Waals surface area contributed by atoms with Crippen molar-refractivity contribution in [1.29, 1.82) is 0 Å². The highest BCUT2D eigenvalue weighted by Gasteiger charge is 2.43. The van der Waals surface area contributed by atoms with E-state index in [0.717, 1.165) is 16.6 Å². The molecule has 1 amide bonds. The lowest BCUT2D eigenvalue weighted by Gasteiger charge is -2.51. The highest BCUT2D eigenvalue weighted by atomic mass is 19.1. The second-order valence-electron chi connectivity index (χ2n) is 10.5. The Morgan fingerprint density at radius 2 is 1.95 bits per heavy atom. The lowest BCUT2D eigenvalue weighted by atomic mass is 9.88. The summed E-state index contributed by atoms with van der Waals surface area (Å²) >= 11 is 0. The molecule has 202 valence electrons. The van der Waals surface area contributed by atoms with Crippen molar-refractivity contribution in [3.05, 3.63) is 102 Å². The van der Waals surface area contributed by atoms with Crippen molar-refractivity contribution in [2.75, 3.05) is 18.4 Å². The maximum atomic E-state index is 16.2. The average Bonchev–Trinajstić information content (AvgIpc) is 3.37. The molecule has 0 saturated carbocycles. The summed E-state index contributed by atoms with van der Waals surface area (Å²) in [7, 11) is 0. The Morgan fingerprint density at radius 3 is 2.69 bits per heavy atom. The molecule has 2 heterocycles. The van der Waals surface area contributed by atoms with Crippen molar-refractivity contribution >= 4 is 22.6 Å². The SMILES string of the molecule is C=CC[C@]1(C)CN[C@@H](C)CN1C(c1c(F)ccc(NC(=O)c2ccccc2)c1CC)n1nnc2ccccc21. The fourth-order valence-electron chi connectivity index (χ4n) is 5.65. The van der Waals surface area contributed by atoms with Gasteiger partial charge in [-0.3, -0.25) is 9.69 Å². The number of carbonyl (C=O) groups excluding carboxylic acids is 1. The summed E-state index contributed by atoms with van der Waals surface area (Å²) in [5.74, 6) is -0.584. The summed E-state index contributed by atoms with van der Waals surface area (Å²) in [6.45, 7) is 11.7. The van der Waals surface area contributed by atoms with E-state index in [1.165, 1.54) is 6.07 Å². The third kappa shape index (κ3) is 5.10. The third-order valence-electron chi connectivity index (χ3n) is 7.68. The zero-order valence-corrected chi connectivity index (χ0v) is 22.7. The van der Waals surface area contributed by atoms with E-state index in [0.29, 0.717) is 42.7 Å². The number of halogens is 1. The Kier molecular flexibility index (Phi) is 7.59. The van der Waals surface area contributed by atoms with Crippen LogP contribution < -0.4 is 10.6 Å². The summed E-state index contributed by atoms with van der Waals surface area (Å²) < 4.78 is 18.0. The molecule has 1 fully saturated rings. The Balaban J connectivity index is 1.71. The van der Waals surface area contributed by atoms with E-state index in [-0.39, 0.29) is 23.3 Å². The smallest absolute Gasteiger partial charge is 0.255 e. The van der Waals surface area contributed by atoms with Crippen LogP contribution in [-0.4, -0.2) is 50.5 Å². The van der Waals surface area contributed by atoms with E-state index in [1.807, 2.05) is 60.1 Å². The minimum Gasteiger partial charge on any atom is -0.322 e. The van der Waals surface area contributed by atoms with Crippen molar-refractivity contribution < 1.29 is 9.18 Å². The first kappa shape index (κ1) is 26.7. The average molecular weight is 527 g/mol. The summed E-state index contributed by atoms with van der Waals surface area (Å²) in [5, 5.41) is 15.6. The van der Waals surface area contributed by atoms with Gasteiger partial charge in [-0.25, -0.2) is 9.07 Å². The predicted molar refractivity (Wildman–Crippen MR) is 153 cm³/mol. The highest BCUT2D eigenvalue weighted by molar-refractivity contribution is 6.04. The lowest BCUT2D eigenvalue weighted by molar-refractivity contribution is -0.000163. The van der Waals surface area contributed by atoms with Crippen LogP contribution in [0.1, 0.15) is 54.8 Å². The number of benzene rings is 3. The zero-order valence-electron chi connectivity index (χ0n) is 22.7. The van der Waals surface area contributed by atoms with Crippen LogP contribution in [0.15, 0.2) is 79.4 Å². The van der Waals surface area contributed by atoms with Crippen LogP contribution in [0, 0.1) is 5.82 Å². The number of hydrogen-bond donors (Lipinski definition) is 2. The highest BCUT2D eigenvalue weighted by Crippen LogP contribution is 2.40. The molecule has 1 unspecified atom stereocenters. The van der Waals surface area contributed by atoms with E-state index in [1.54, 1.807) is 18.2 Å². The van der Waals surface area contributed by atoms with Crippen LogP contribution in [0.2, 0.25) is 0 Å². The summed E-state index contributed by atoms with van der Waals surface area (Å²) in [6.07, 6.45) is 2.52. The van der Waals surface area contributed by atoms with Gasteiger partial charge in [0.2, 0.25) is 0 Å². The number of hydrogen-bond acceptors (Lipinski definition) is 5. The zero-order chi connectivity index (χ0) is 27.6. The number of anilines is 1. The molecule has 1 aliphatic heterocycles. The number of nitrogens with one attached hydrogen (secondary N) is 2. The first-order chi connectivity index (χ1) is 18.9. The first-order valence-corrected chi connectivity index (χ1v) is 13.4. The summed E-state index contributed by atoms with van der Waals surface area (Å²) in [5.41, 5.74) is 3.54. The van der Waals surface area contributed by atoms with Crippen LogP contribution >= 0.6 is 0 Å². The molecule has 0 bridgehead atoms. The maximum absolute atomic E-state index is 16.2. The van der Waals surface area contributed by atoms with Crippen molar-refractivity contribution in [2.24, 2.45) is 0 Å². The summed E-state index contributed by atoms with van der Waals surface area (Å²) in [6, 6.07) is 20.0. The van der Waals surface area contributed by atoms with E-state index in [2.05, 4.69) is 46.3 Å². The molecular formula is C31H35FN6O. The minimum absolute atomic E-state index is 0.175. The number of aromatic nitrogens is 3. The van der Waals surface area contributed by atoms with E-state index < -0.39 is 6.17 Å². The monoisotopic (exact) mass is 526 g/mol. The van der Waals surface area contributed by atoms with Gasteiger partial charge < -0.3 is 10.6 Å². The number of carbonyl (C=O) groups is 1. The Morgan fingerprint density at radius 1 is 1.21 bits per heavy atom. The predicted octanol–water partition coefficient (Wildman–Crippen LogP) is 5.56. The van der Waals surface area contributed by atoms with Crippen LogP contribution in [0.4, 0.5) is 10.1 Å². The van der Waals surface area contributed by atoms with Crippen LogP contribution in [0.5, 0.6) is 0 Å². The first-order valence-electron chi connectivity index (χ1n) is 13.4. The van der Waals surface area contributed by atoms with Gasteiger partial charge in [0.15, 0.2) is 0 Å². The number of para-hydroxylation sites is 1. The second kappa shape index (κ2) is 11.1. The molecule has 39 heavy (non-hydrogen) atoms. The quantitative estimate of drug-likeness (QED) is 0.294. The molecule has 0 radical (unpaired) electrons. The normalized spacial score (nSPS) is 20.6. The van der Waals surface area contributed by atoms with Crippen LogP contribution in [0.25, 0.3) is 11.0 Å². The van der Waals surface area contributed by atoms with Crippen LogP contribution in [0.3, 0.4) is 0 Å². The molecular weight excluding hydrogens is 491 g/mol. The minimum atomic E-state index is -0.601. The number of amides is 1. The van der Waals surface area contributed by atoms with Gasteiger partial charge in [0, 0.05) is 41.5 Å². The number of nitrogens with zero attached hydrogens (tertiary/aromatic N) is 4. The molecule has 7 nitrogen and oxygen atoms in total. The third-order valence-corrected chi connectivity index (χ3v) is 7.68. The van der Waals surface area contributed by atoms with Crippen molar-refractivity contribution in [3.8, 4) is 0 Å². The fraction of sp³-hybridized carbons (Fsp3) is 0.323. The molecule has 3 atom stereocenters.